The van der Waals surface area contributed by atoms with Crippen molar-refractivity contribution >= 4 is 29.0 Å². The van der Waals surface area contributed by atoms with Gasteiger partial charge in [-0.2, -0.15) is 11.8 Å². The van der Waals surface area contributed by atoms with E-state index in [1.807, 2.05) is 0 Å². The second-order valence-electron chi connectivity index (χ2n) is 4.37. The first-order valence-corrected chi connectivity index (χ1v) is 7.87. The third-order valence-corrected chi connectivity index (χ3v) is 3.88. The first kappa shape index (κ1) is 16.8. The molecule has 0 saturated carbocycles. The Hall–Kier alpha value is -1.27. The van der Waals surface area contributed by atoms with Crippen LogP contribution >= 0.6 is 11.8 Å². The van der Waals surface area contributed by atoms with E-state index in [2.05, 4.69) is 24.1 Å². The zero-order chi connectivity index (χ0) is 15.0. The fourth-order valence-electron chi connectivity index (χ4n) is 1.72. The van der Waals surface area contributed by atoms with Crippen LogP contribution in [0.1, 0.15) is 13.8 Å². The summed E-state index contributed by atoms with van der Waals surface area (Å²) in [5.41, 5.74) is 6.13. The summed E-state index contributed by atoms with van der Waals surface area (Å²) in [5.74, 6) is 0.518. The predicted octanol–water partition coefficient (Wildman–Crippen LogP) is 2.42. The average molecular weight is 299 g/mol. The molecule has 0 aliphatic heterocycles. The minimum Gasteiger partial charge on any atom is -0.399 e. The molecule has 0 bridgehead atoms. The molecule has 1 rings (SSSR count). The second-order valence-corrected chi connectivity index (χ2v) is 5.47. The van der Waals surface area contributed by atoms with Gasteiger partial charge in [-0.1, -0.05) is 13.8 Å². The van der Waals surface area contributed by atoms with E-state index >= 15 is 0 Å². The van der Waals surface area contributed by atoms with Crippen molar-refractivity contribution in [2.45, 2.75) is 13.8 Å². The number of hydrogen-bond acceptors (Lipinski definition) is 4. The third-order valence-electron chi connectivity index (χ3n) is 2.94. The number of nitrogens with zero attached hydrogens (tertiary/aromatic N) is 1. The van der Waals surface area contributed by atoms with Gasteiger partial charge in [0.1, 0.15) is 5.82 Å². The number of rotatable bonds is 8. The molecule has 3 N–H and O–H groups in total. The Morgan fingerprint density at radius 2 is 2.10 bits per heavy atom. The van der Waals surface area contributed by atoms with Crippen LogP contribution < -0.4 is 11.1 Å². The zero-order valence-corrected chi connectivity index (χ0v) is 12.8. The number of amides is 1. The molecule has 6 heteroatoms. The Morgan fingerprint density at radius 1 is 1.40 bits per heavy atom. The number of hydrogen-bond donors (Lipinski definition) is 2. The van der Waals surface area contributed by atoms with Crippen molar-refractivity contribution in [1.29, 1.82) is 0 Å². The molecule has 112 valence electrons. The zero-order valence-electron chi connectivity index (χ0n) is 12.0. The van der Waals surface area contributed by atoms with Crippen LogP contribution in [0.2, 0.25) is 0 Å². The number of carbonyl (C=O) groups is 1. The maximum Gasteiger partial charge on any atom is 0.234 e. The number of halogens is 1. The fraction of sp³-hybridized carbons (Fsp3) is 0.500. The molecule has 0 heterocycles. The Morgan fingerprint density at radius 3 is 2.75 bits per heavy atom. The van der Waals surface area contributed by atoms with Crippen LogP contribution in [0.4, 0.5) is 15.8 Å². The standard InChI is InChI=1S/C14H22FN3OS/c1-3-18(4-2)7-8-20-10-14(19)17-13-9-11(16)5-6-12(13)15/h5-6,9H,3-4,7-8,10,16H2,1-2H3,(H,17,19). The highest BCUT2D eigenvalue weighted by molar-refractivity contribution is 7.99. The number of nitrogens with two attached hydrogens (primary N) is 1. The molecule has 20 heavy (non-hydrogen) atoms. The van der Waals surface area contributed by atoms with Crippen molar-refractivity contribution in [3.8, 4) is 0 Å². The molecule has 1 aromatic carbocycles. The largest absolute Gasteiger partial charge is 0.399 e. The van der Waals surface area contributed by atoms with Crippen molar-refractivity contribution in [1.82, 2.24) is 4.90 Å². The molecule has 0 aromatic heterocycles. The summed E-state index contributed by atoms with van der Waals surface area (Å²) < 4.78 is 13.4. The van der Waals surface area contributed by atoms with Crippen molar-refractivity contribution in [3.63, 3.8) is 0 Å². The van der Waals surface area contributed by atoms with E-state index in [0.29, 0.717) is 11.4 Å². The van der Waals surface area contributed by atoms with E-state index in [1.165, 1.54) is 18.2 Å². The molecule has 0 fully saturated rings. The van der Waals surface area contributed by atoms with Crippen LogP contribution in [0, 0.1) is 5.82 Å². The first-order chi connectivity index (χ1) is 9.56. The first-order valence-electron chi connectivity index (χ1n) is 6.71. The summed E-state index contributed by atoms with van der Waals surface area (Å²) in [6, 6.07) is 4.14. The van der Waals surface area contributed by atoms with Gasteiger partial charge in [0.15, 0.2) is 0 Å². The Balaban J connectivity index is 2.32. The van der Waals surface area contributed by atoms with Gasteiger partial charge >= 0.3 is 0 Å². The summed E-state index contributed by atoms with van der Waals surface area (Å²) in [6.07, 6.45) is 0. The van der Waals surface area contributed by atoms with Crippen molar-refractivity contribution in [2.24, 2.45) is 0 Å². The average Bonchev–Trinajstić information content (AvgIpc) is 2.43. The minimum atomic E-state index is -0.472. The van der Waals surface area contributed by atoms with Gasteiger partial charge in [-0.25, -0.2) is 4.39 Å². The summed E-state index contributed by atoms with van der Waals surface area (Å²) in [7, 11) is 0. The number of nitrogen functional groups attached to an aromatic ring is 1. The van der Waals surface area contributed by atoms with Crippen LogP contribution in [0.15, 0.2) is 18.2 Å². The lowest BCUT2D eigenvalue weighted by Crippen LogP contribution is -2.26. The van der Waals surface area contributed by atoms with E-state index in [9.17, 15) is 9.18 Å². The van der Waals surface area contributed by atoms with Crippen LogP contribution in [-0.2, 0) is 4.79 Å². The molecule has 0 spiro atoms. The molecular weight excluding hydrogens is 277 g/mol. The lowest BCUT2D eigenvalue weighted by atomic mass is 10.2. The second kappa shape index (κ2) is 8.81. The summed E-state index contributed by atoms with van der Waals surface area (Å²) in [5, 5.41) is 2.54. The van der Waals surface area contributed by atoms with Crippen molar-refractivity contribution in [3.05, 3.63) is 24.0 Å². The Kier molecular flexibility index (Phi) is 7.40. The fourth-order valence-corrected chi connectivity index (χ4v) is 2.51. The molecule has 0 aliphatic carbocycles. The summed E-state index contributed by atoms with van der Waals surface area (Å²) in [6.45, 7) is 7.21. The van der Waals surface area contributed by atoms with Gasteiger partial charge in [-0.05, 0) is 31.3 Å². The number of carbonyl (C=O) groups excluding carboxylic acids is 1. The topological polar surface area (TPSA) is 58.4 Å². The predicted molar refractivity (Wildman–Crippen MR) is 84.6 cm³/mol. The molecule has 0 unspecified atom stereocenters. The molecule has 0 aliphatic rings. The monoisotopic (exact) mass is 299 g/mol. The number of anilines is 2. The third kappa shape index (κ3) is 5.79. The van der Waals surface area contributed by atoms with E-state index in [1.54, 1.807) is 11.8 Å². The highest BCUT2D eigenvalue weighted by Gasteiger charge is 2.08. The van der Waals surface area contributed by atoms with E-state index in [4.69, 9.17) is 5.73 Å². The van der Waals surface area contributed by atoms with E-state index in [0.717, 1.165) is 25.4 Å². The van der Waals surface area contributed by atoms with Crippen LogP contribution in [0.5, 0.6) is 0 Å². The smallest absolute Gasteiger partial charge is 0.234 e. The quantitative estimate of drug-likeness (QED) is 0.572. The van der Waals surface area contributed by atoms with Gasteiger partial charge in [0.2, 0.25) is 5.91 Å². The lowest BCUT2D eigenvalue weighted by molar-refractivity contribution is -0.113. The SMILES string of the molecule is CCN(CC)CCSCC(=O)Nc1cc(N)ccc1F. The van der Waals surface area contributed by atoms with Gasteiger partial charge in [0, 0.05) is 18.0 Å². The Labute approximate surface area is 123 Å². The van der Waals surface area contributed by atoms with Crippen LogP contribution in [0.25, 0.3) is 0 Å². The molecule has 4 nitrogen and oxygen atoms in total. The highest BCUT2D eigenvalue weighted by Crippen LogP contribution is 2.17. The molecule has 0 radical (unpaired) electrons. The van der Waals surface area contributed by atoms with Crippen LogP contribution in [-0.4, -0.2) is 41.9 Å². The van der Waals surface area contributed by atoms with Gasteiger partial charge in [-0.3, -0.25) is 4.79 Å². The maximum absolute atomic E-state index is 13.4. The van der Waals surface area contributed by atoms with Crippen LogP contribution in [0.3, 0.4) is 0 Å². The normalized spacial score (nSPS) is 10.8. The molecule has 1 aromatic rings. The molecular formula is C14H22FN3OS. The van der Waals surface area contributed by atoms with E-state index in [-0.39, 0.29) is 11.6 Å². The van der Waals surface area contributed by atoms with Gasteiger partial charge < -0.3 is 16.0 Å². The number of thioether (sulfide) groups is 1. The molecule has 1 amide bonds. The Bertz CT molecular complexity index is 438. The molecule has 0 saturated heterocycles. The summed E-state index contributed by atoms with van der Waals surface area (Å²) in [4.78, 5) is 14.0. The summed E-state index contributed by atoms with van der Waals surface area (Å²) >= 11 is 1.54. The highest BCUT2D eigenvalue weighted by atomic mass is 32.2. The van der Waals surface area contributed by atoms with Crippen molar-refractivity contribution in [2.75, 3.05) is 42.2 Å². The minimum absolute atomic E-state index is 0.138. The van der Waals surface area contributed by atoms with E-state index < -0.39 is 5.82 Å². The molecule has 0 atom stereocenters. The number of nitrogens with one attached hydrogen (secondary N) is 1. The maximum atomic E-state index is 13.4. The number of benzene rings is 1. The van der Waals surface area contributed by atoms with Gasteiger partial charge in [-0.15, -0.1) is 0 Å². The van der Waals surface area contributed by atoms with Gasteiger partial charge in [0.05, 0.1) is 11.4 Å². The van der Waals surface area contributed by atoms with Crippen molar-refractivity contribution < 1.29 is 9.18 Å². The van der Waals surface area contributed by atoms with Gasteiger partial charge in [0.25, 0.3) is 0 Å². The lowest BCUT2D eigenvalue weighted by Gasteiger charge is -2.17.